The minimum atomic E-state index is -1.49. The summed E-state index contributed by atoms with van der Waals surface area (Å²) in [7, 11) is 0. The van der Waals surface area contributed by atoms with Crippen LogP contribution >= 0.6 is 0 Å². The summed E-state index contributed by atoms with van der Waals surface area (Å²) in [5.41, 5.74) is 1.26. The van der Waals surface area contributed by atoms with Gasteiger partial charge in [0.15, 0.2) is 0 Å². The number of amides is 5. The van der Waals surface area contributed by atoms with Crippen molar-refractivity contribution in [3.05, 3.63) is 101 Å². The number of fused-ring (bicyclic) bond motifs is 1. The zero-order valence-electron chi connectivity index (χ0n) is 26.5. The van der Waals surface area contributed by atoms with Gasteiger partial charge < -0.3 is 36.4 Å². The summed E-state index contributed by atoms with van der Waals surface area (Å²) in [6, 6.07) is 17.6. The van der Waals surface area contributed by atoms with Gasteiger partial charge in [0.25, 0.3) is 5.91 Å². The molecule has 0 unspecified atom stereocenters. The first kappa shape index (κ1) is 35.6. The maximum absolute atomic E-state index is 14.1. The number of carbonyl (C=O) groups excluding carboxylic acids is 5. The predicted octanol–water partition coefficient (Wildman–Crippen LogP) is 1.16. The normalized spacial score (nSPS) is 20.3. The Kier molecular flexibility index (Phi) is 13.0. The summed E-state index contributed by atoms with van der Waals surface area (Å²) in [6.07, 6.45) is -1.32. The zero-order chi connectivity index (χ0) is 34.5. The van der Waals surface area contributed by atoms with Crippen molar-refractivity contribution in [2.24, 2.45) is 0 Å². The fourth-order valence-corrected chi connectivity index (χ4v) is 5.10. The summed E-state index contributed by atoms with van der Waals surface area (Å²) < 4.78 is 19.9. The number of carbonyl (C=O) groups is 5. The second-order valence-electron chi connectivity index (χ2n) is 11.4. The van der Waals surface area contributed by atoms with E-state index in [4.69, 9.17) is 4.74 Å². The van der Waals surface area contributed by atoms with Crippen molar-refractivity contribution >= 4 is 29.5 Å². The minimum Gasteiger partial charge on any atom is -0.493 e. The molecule has 0 radical (unpaired) electrons. The third-order valence-corrected chi connectivity index (χ3v) is 7.67. The highest BCUT2D eigenvalue weighted by atomic mass is 19.1. The highest BCUT2D eigenvalue weighted by molar-refractivity contribution is 6.01. The molecule has 3 aromatic carbocycles. The van der Waals surface area contributed by atoms with Gasteiger partial charge in [-0.15, -0.1) is 0 Å². The molecule has 3 aromatic rings. The first-order valence-corrected chi connectivity index (χ1v) is 15.8. The summed E-state index contributed by atoms with van der Waals surface area (Å²) in [5, 5.41) is 23.5. The number of halogens is 1. The van der Waals surface area contributed by atoms with Gasteiger partial charge in [-0.3, -0.25) is 24.0 Å². The Balaban J connectivity index is 1.57. The number of ether oxygens (including phenoxy) is 1. The molecule has 4 atom stereocenters. The van der Waals surface area contributed by atoms with Crippen LogP contribution in [0.2, 0.25) is 0 Å². The van der Waals surface area contributed by atoms with Gasteiger partial charge in [-0.2, -0.15) is 0 Å². The first-order chi connectivity index (χ1) is 23.1. The Morgan fingerprint density at radius 1 is 0.938 bits per heavy atom. The van der Waals surface area contributed by atoms with E-state index in [1.165, 1.54) is 19.1 Å². The number of para-hydroxylation sites is 1. The van der Waals surface area contributed by atoms with Crippen LogP contribution in [-0.2, 0) is 32.0 Å². The van der Waals surface area contributed by atoms with Gasteiger partial charge in [-0.1, -0.05) is 60.7 Å². The smallest absolute Gasteiger partial charge is 0.255 e. The van der Waals surface area contributed by atoms with Gasteiger partial charge in [0, 0.05) is 19.5 Å². The molecule has 0 fully saturated rings. The predicted molar refractivity (Wildman–Crippen MR) is 174 cm³/mol. The standard InChI is InChI=1S/C35H40FN5O7/c1-22(42)31-35(47)40-27(20-23-10-3-2-4-11-23)33(45)37-17-9-19-48-29-15-8-6-13-25(29)32(44)39-28(21-30(43)41-31)34(46)38-18-16-24-12-5-7-14-26(24)36/h2-8,10-15,22,27-28,31,42H,9,16-21H2,1H3,(H,37,45)(H,38,46)(H,39,44)(H,40,47)(H,41,43)/t22-,27+,28+,31+/m1/s1. The maximum Gasteiger partial charge on any atom is 0.255 e. The van der Waals surface area contributed by atoms with Crippen LogP contribution in [0.1, 0.15) is 41.3 Å². The van der Waals surface area contributed by atoms with E-state index in [0.29, 0.717) is 12.0 Å². The van der Waals surface area contributed by atoms with Crippen molar-refractivity contribution in [1.29, 1.82) is 0 Å². The molecule has 1 aliphatic rings. The maximum atomic E-state index is 14.1. The van der Waals surface area contributed by atoms with Crippen molar-refractivity contribution in [2.75, 3.05) is 19.7 Å². The molecular formula is C35H40FN5O7. The van der Waals surface area contributed by atoms with Gasteiger partial charge in [0.2, 0.25) is 23.6 Å². The number of benzene rings is 3. The molecule has 0 spiro atoms. The molecule has 6 N–H and O–H groups in total. The van der Waals surface area contributed by atoms with E-state index in [2.05, 4.69) is 26.6 Å². The van der Waals surface area contributed by atoms with Crippen LogP contribution in [0.4, 0.5) is 4.39 Å². The molecular weight excluding hydrogens is 621 g/mol. The van der Waals surface area contributed by atoms with E-state index < -0.39 is 66.0 Å². The molecule has 0 aliphatic carbocycles. The average molecular weight is 662 g/mol. The van der Waals surface area contributed by atoms with Gasteiger partial charge >= 0.3 is 0 Å². The fraction of sp³-hybridized carbons (Fsp3) is 0.343. The number of aliphatic hydroxyl groups is 1. The average Bonchev–Trinajstić information content (AvgIpc) is 3.07. The second-order valence-corrected chi connectivity index (χ2v) is 11.4. The van der Waals surface area contributed by atoms with Crippen molar-refractivity contribution in [3.8, 4) is 5.75 Å². The number of aliphatic hydroxyl groups excluding tert-OH is 1. The van der Waals surface area contributed by atoms with Gasteiger partial charge in [0.05, 0.1) is 24.7 Å². The Bertz CT molecular complexity index is 1590. The van der Waals surface area contributed by atoms with Crippen LogP contribution in [0.15, 0.2) is 78.9 Å². The van der Waals surface area contributed by atoms with E-state index in [0.717, 1.165) is 5.56 Å². The summed E-state index contributed by atoms with van der Waals surface area (Å²) in [5.74, 6) is -3.75. The van der Waals surface area contributed by atoms with Crippen molar-refractivity contribution in [3.63, 3.8) is 0 Å². The molecule has 1 aliphatic heterocycles. The summed E-state index contributed by atoms with van der Waals surface area (Å²) in [6.45, 7) is 1.64. The highest BCUT2D eigenvalue weighted by Gasteiger charge is 2.32. The third kappa shape index (κ3) is 10.4. The van der Waals surface area contributed by atoms with E-state index in [1.807, 2.05) is 6.07 Å². The van der Waals surface area contributed by atoms with Gasteiger partial charge in [-0.25, -0.2) is 4.39 Å². The molecule has 254 valence electrons. The topological polar surface area (TPSA) is 175 Å². The second kappa shape index (κ2) is 17.6. The van der Waals surface area contributed by atoms with E-state index >= 15 is 0 Å². The van der Waals surface area contributed by atoms with Crippen LogP contribution in [0.3, 0.4) is 0 Å². The van der Waals surface area contributed by atoms with E-state index in [1.54, 1.807) is 60.7 Å². The monoisotopic (exact) mass is 661 g/mol. The quantitative estimate of drug-likeness (QED) is 0.220. The molecule has 0 saturated heterocycles. The molecule has 1 heterocycles. The van der Waals surface area contributed by atoms with Gasteiger partial charge in [0.1, 0.15) is 29.7 Å². The fourth-order valence-electron chi connectivity index (χ4n) is 5.10. The van der Waals surface area contributed by atoms with Crippen molar-refractivity contribution in [1.82, 2.24) is 26.6 Å². The largest absolute Gasteiger partial charge is 0.493 e. The Morgan fingerprint density at radius 2 is 1.65 bits per heavy atom. The lowest BCUT2D eigenvalue weighted by Gasteiger charge is -2.26. The third-order valence-electron chi connectivity index (χ3n) is 7.67. The van der Waals surface area contributed by atoms with Crippen LogP contribution in [0, 0.1) is 5.82 Å². The molecule has 13 heteroatoms. The van der Waals surface area contributed by atoms with Crippen LogP contribution in [-0.4, -0.2) is 78.6 Å². The van der Waals surface area contributed by atoms with Crippen LogP contribution < -0.4 is 31.3 Å². The summed E-state index contributed by atoms with van der Waals surface area (Å²) in [4.78, 5) is 66.6. The Hall–Kier alpha value is -5.30. The van der Waals surface area contributed by atoms with E-state index in [-0.39, 0.29) is 43.9 Å². The molecule has 5 amide bonds. The number of nitrogens with one attached hydrogen (secondary N) is 5. The Morgan fingerprint density at radius 3 is 2.40 bits per heavy atom. The van der Waals surface area contributed by atoms with Crippen molar-refractivity contribution in [2.45, 2.75) is 56.8 Å². The lowest BCUT2D eigenvalue weighted by Crippen LogP contribution is -2.58. The number of rotatable bonds is 7. The minimum absolute atomic E-state index is 0.0109. The number of hydrogen-bond donors (Lipinski definition) is 6. The van der Waals surface area contributed by atoms with Gasteiger partial charge in [-0.05, 0) is 49.1 Å². The Labute approximate surface area is 277 Å². The van der Waals surface area contributed by atoms with Crippen LogP contribution in [0.5, 0.6) is 5.75 Å². The molecule has 4 rings (SSSR count). The summed E-state index contributed by atoms with van der Waals surface area (Å²) >= 11 is 0. The SMILES string of the molecule is C[C@@H](O)[C@@H]1NC(=O)C[C@@H](C(=O)NCCc2ccccc2F)NC(=O)c2ccccc2OCCCNC(=O)[C@H](Cc2ccccc2)NC1=O. The molecule has 0 saturated carbocycles. The first-order valence-electron chi connectivity index (χ1n) is 15.8. The van der Waals surface area contributed by atoms with Crippen molar-refractivity contribution < 1.29 is 38.2 Å². The molecule has 0 bridgehead atoms. The van der Waals surface area contributed by atoms with E-state index in [9.17, 15) is 33.5 Å². The molecule has 48 heavy (non-hydrogen) atoms. The zero-order valence-corrected chi connectivity index (χ0v) is 26.5. The lowest BCUT2D eigenvalue weighted by molar-refractivity contribution is -0.135. The van der Waals surface area contributed by atoms with Crippen LogP contribution in [0.25, 0.3) is 0 Å². The lowest BCUT2D eigenvalue weighted by atomic mass is 10.0. The molecule has 12 nitrogen and oxygen atoms in total. The highest BCUT2D eigenvalue weighted by Crippen LogP contribution is 2.19. The molecule has 0 aromatic heterocycles. The number of hydrogen-bond acceptors (Lipinski definition) is 7.